The summed E-state index contributed by atoms with van der Waals surface area (Å²) in [6, 6.07) is 0. The summed E-state index contributed by atoms with van der Waals surface area (Å²) in [7, 11) is 0. The van der Waals surface area contributed by atoms with Gasteiger partial charge in [-0.25, -0.2) is 0 Å². The van der Waals surface area contributed by atoms with E-state index in [-0.39, 0.29) is 35.2 Å². The summed E-state index contributed by atoms with van der Waals surface area (Å²) in [5, 5.41) is 0. The number of hydrogen-bond donors (Lipinski definition) is 0. The maximum Gasteiger partial charge on any atom is 0.139 e. The van der Waals surface area contributed by atoms with Gasteiger partial charge in [-0.3, -0.25) is 9.59 Å². The first-order valence-corrected chi connectivity index (χ1v) is 6.02. The van der Waals surface area contributed by atoms with Gasteiger partial charge in [-0.15, -0.1) is 0 Å². The Morgan fingerprint density at radius 2 is 1.20 bits per heavy atom. The second kappa shape index (κ2) is 4.91. The van der Waals surface area contributed by atoms with Crippen LogP contribution < -0.4 is 0 Å². The third-order valence-electron chi connectivity index (χ3n) is 3.38. The summed E-state index contributed by atoms with van der Waals surface area (Å²) < 4.78 is 0. The minimum Gasteiger partial charge on any atom is -0.299 e. The number of Topliss-reactive ketones (excluding diaryl/α,β-unsaturated/α-hetero) is 2. The summed E-state index contributed by atoms with van der Waals surface area (Å²) in [5.41, 5.74) is 0. The van der Waals surface area contributed by atoms with E-state index in [0.29, 0.717) is 0 Å². The molecule has 2 nitrogen and oxygen atoms in total. The molecule has 0 aromatic heterocycles. The molecule has 1 aliphatic carbocycles. The Morgan fingerprint density at radius 3 is 1.47 bits per heavy atom. The summed E-state index contributed by atoms with van der Waals surface area (Å²) in [6.45, 7) is 7.71. The van der Waals surface area contributed by atoms with Crippen LogP contribution in [0.15, 0.2) is 0 Å². The van der Waals surface area contributed by atoms with Gasteiger partial charge in [-0.2, -0.15) is 0 Å². The molecule has 2 unspecified atom stereocenters. The molecule has 15 heavy (non-hydrogen) atoms. The fourth-order valence-corrected chi connectivity index (χ4v) is 2.50. The number of ketones is 2. The first-order chi connectivity index (χ1) is 6.95. The fraction of sp³-hybridized carbons (Fsp3) is 0.846. The second-order valence-corrected chi connectivity index (χ2v) is 5.26. The first-order valence-electron chi connectivity index (χ1n) is 6.02. The van der Waals surface area contributed by atoms with E-state index in [1.165, 1.54) is 0 Å². The van der Waals surface area contributed by atoms with E-state index in [9.17, 15) is 9.59 Å². The number of rotatable bonds is 4. The minimum absolute atomic E-state index is 0.0138. The SMILES string of the molecule is CC(C)C(=O)C1CCCC1C(=O)C(C)C. The van der Waals surface area contributed by atoms with Crippen LogP contribution in [0.1, 0.15) is 47.0 Å². The molecule has 1 rings (SSSR count). The largest absolute Gasteiger partial charge is 0.299 e. The van der Waals surface area contributed by atoms with Gasteiger partial charge in [0.2, 0.25) is 0 Å². The highest BCUT2D eigenvalue weighted by Crippen LogP contribution is 2.36. The van der Waals surface area contributed by atoms with Gasteiger partial charge in [-0.1, -0.05) is 34.1 Å². The average molecular weight is 210 g/mol. The standard InChI is InChI=1S/C13H22O2/c1-8(2)12(14)10-6-5-7-11(10)13(15)9(3)4/h8-11H,5-7H2,1-4H3. The lowest BCUT2D eigenvalue weighted by Gasteiger charge is -2.20. The molecule has 0 spiro atoms. The molecule has 0 amide bonds. The van der Waals surface area contributed by atoms with E-state index >= 15 is 0 Å². The molecule has 2 heteroatoms. The van der Waals surface area contributed by atoms with Gasteiger partial charge >= 0.3 is 0 Å². The average Bonchev–Trinajstić information content (AvgIpc) is 2.63. The van der Waals surface area contributed by atoms with Crippen molar-refractivity contribution in [3.8, 4) is 0 Å². The first kappa shape index (κ1) is 12.4. The second-order valence-electron chi connectivity index (χ2n) is 5.26. The van der Waals surface area contributed by atoms with Crippen LogP contribution in [0.4, 0.5) is 0 Å². The molecule has 0 aromatic rings. The van der Waals surface area contributed by atoms with Gasteiger partial charge < -0.3 is 0 Å². The van der Waals surface area contributed by atoms with Crippen molar-refractivity contribution in [3.63, 3.8) is 0 Å². The predicted octanol–water partition coefficient (Wildman–Crippen LogP) is 2.85. The Bertz CT molecular complexity index is 227. The van der Waals surface area contributed by atoms with Crippen LogP contribution in [0.25, 0.3) is 0 Å². The number of carbonyl (C=O) groups excluding carboxylic acids is 2. The monoisotopic (exact) mass is 210 g/mol. The highest BCUT2D eigenvalue weighted by molar-refractivity contribution is 5.91. The lowest BCUT2D eigenvalue weighted by Crippen LogP contribution is -2.30. The van der Waals surface area contributed by atoms with Crippen LogP contribution in [0.5, 0.6) is 0 Å². The molecule has 86 valence electrons. The summed E-state index contributed by atoms with van der Waals surface area (Å²) in [5.74, 6) is 0.726. The van der Waals surface area contributed by atoms with Gasteiger partial charge in [0.1, 0.15) is 11.6 Å². The Labute approximate surface area is 92.4 Å². The molecule has 0 N–H and O–H groups in total. The summed E-state index contributed by atoms with van der Waals surface area (Å²) >= 11 is 0. The summed E-state index contributed by atoms with van der Waals surface area (Å²) in [4.78, 5) is 23.9. The quantitative estimate of drug-likeness (QED) is 0.715. The van der Waals surface area contributed by atoms with Gasteiger partial charge in [0.05, 0.1) is 0 Å². The van der Waals surface area contributed by atoms with Crippen LogP contribution >= 0.6 is 0 Å². The molecule has 1 fully saturated rings. The van der Waals surface area contributed by atoms with Crippen LogP contribution in [0, 0.1) is 23.7 Å². The predicted molar refractivity (Wildman–Crippen MR) is 60.5 cm³/mol. The van der Waals surface area contributed by atoms with Gasteiger partial charge in [0, 0.05) is 23.7 Å². The Morgan fingerprint density at radius 1 is 0.867 bits per heavy atom. The molecule has 1 aliphatic rings. The number of hydrogen-bond acceptors (Lipinski definition) is 2. The lowest BCUT2D eigenvalue weighted by molar-refractivity contribution is -0.134. The van der Waals surface area contributed by atoms with Crippen molar-refractivity contribution in [2.45, 2.75) is 47.0 Å². The van der Waals surface area contributed by atoms with Crippen molar-refractivity contribution in [2.75, 3.05) is 0 Å². The van der Waals surface area contributed by atoms with Gasteiger partial charge in [0.25, 0.3) is 0 Å². The zero-order valence-electron chi connectivity index (χ0n) is 10.2. The van der Waals surface area contributed by atoms with E-state index in [4.69, 9.17) is 0 Å². The lowest BCUT2D eigenvalue weighted by atomic mass is 9.81. The Balaban J connectivity index is 2.73. The fourth-order valence-electron chi connectivity index (χ4n) is 2.50. The van der Waals surface area contributed by atoms with E-state index in [1.54, 1.807) is 0 Å². The van der Waals surface area contributed by atoms with E-state index in [0.717, 1.165) is 19.3 Å². The zero-order valence-corrected chi connectivity index (χ0v) is 10.2. The van der Waals surface area contributed by atoms with Crippen molar-refractivity contribution >= 4 is 11.6 Å². The molecule has 2 atom stereocenters. The molecular formula is C13H22O2. The smallest absolute Gasteiger partial charge is 0.139 e. The Kier molecular flexibility index (Phi) is 4.06. The van der Waals surface area contributed by atoms with Crippen molar-refractivity contribution < 1.29 is 9.59 Å². The molecule has 0 bridgehead atoms. The highest BCUT2D eigenvalue weighted by atomic mass is 16.1. The van der Waals surface area contributed by atoms with Crippen molar-refractivity contribution in [1.82, 2.24) is 0 Å². The van der Waals surface area contributed by atoms with Crippen molar-refractivity contribution in [2.24, 2.45) is 23.7 Å². The summed E-state index contributed by atoms with van der Waals surface area (Å²) in [6.07, 6.45) is 2.87. The highest BCUT2D eigenvalue weighted by Gasteiger charge is 2.38. The van der Waals surface area contributed by atoms with Crippen molar-refractivity contribution in [1.29, 1.82) is 0 Å². The number of carbonyl (C=O) groups is 2. The van der Waals surface area contributed by atoms with E-state index in [1.807, 2.05) is 27.7 Å². The molecule has 1 saturated carbocycles. The molecule has 0 radical (unpaired) electrons. The molecule has 0 saturated heterocycles. The molecular weight excluding hydrogens is 188 g/mol. The van der Waals surface area contributed by atoms with Gasteiger partial charge in [-0.05, 0) is 12.8 Å². The maximum absolute atomic E-state index is 11.9. The van der Waals surface area contributed by atoms with Crippen LogP contribution in [-0.4, -0.2) is 11.6 Å². The Hall–Kier alpha value is -0.660. The molecule has 0 aromatic carbocycles. The topological polar surface area (TPSA) is 34.1 Å². The zero-order chi connectivity index (χ0) is 11.6. The van der Waals surface area contributed by atoms with Crippen LogP contribution in [0.3, 0.4) is 0 Å². The molecule has 0 heterocycles. The van der Waals surface area contributed by atoms with Crippen LogP contribution in [0.2, 0.25) is 0 Å². The third-order valence-corrected chi connectivity index (χ3v) is 3.38. The maximum atomic E-state index is 11.9. The van der Waals surface area contributed by atoms with E-state index < -0.39 is 0 Å². The van der Waals surface area contributed by atoms with Gasteiger partial charge in [0.15, 0.2) is 0 Å². The third kappa shape index (κ3) is 2.67. The van der Waals surface area contributed by atoms with Crippen molar-refractivity contribution in [3.05, 3.63) is 0 Å². The minimum atomic E-state index is 0.0138. The molecule has 0 aliphatic heterocycles. The normalized spacial score (nSPS) is 26.3. The van der Waals surface area contributed by atoms with Crippen LogP contribution in [-0.2, 0) is 9.59 Å². The van der Waals surface area contributed by atoms with E-state index in [2.05, 4.69) is 0 Å².